The van der Waals surface area contributed by atoms with Crippen LogP contribution in [0.25, 0.3) is 0 Å². The highest BCUT2D eigenvalue weighted by molar-refractivity contribution is 5.95. The lowest BCUT2D eigenvalue weighted by Crippen LogP contribution is -3.12. The number of nitrogens with one attached hydrogen (secondary N) is 2. The number of hydrogen-bond donors (Lipinski definition) is 2. The van der Waals surface area contributed by atoms with E-state index < -0.39 is 11.0 Å². The number of aryl methyl sites for hydroxylation is 1. The number of methoxy groups -OCH3 is 3. The Balaban J connectivity index is 2.16. The molecule has 162 valence electrons. The minimum Gasteiger partial charge on any atom is -0.496 e. The third-order valence-corrected chi connectivity index (χ3v) is 5.10. The highest BCUT2D eigenvalue weighted by Crippen LogP contribution is 2.30. The molecule has 30 heavy (non-hydrogen) atoms. The molecule has 9 nitrogen and oxygen atoms in total. The molecule has 2 N–H and O–H groups in total. The molecule has 9 heteroatoms. The number of anilines is 1. The third-order valence-electron chi connectivity index (χ3n) is 5.10. The van der Waals surface area contributed by atoms with Crippen LogP contribution in [0.4, 0.5) is 11.4 Å². The van der Waals surface area contributed by atoms with Gasteiger partial charge >= 0.3 is 0 Å². The van der Waals surface area contributed by atoms with Gasteiger partial charge in [-0.05, 0) is 43.7 Å². The van der Waals surface area contributed by atoms with E-state index in [9.17, 15) is 14.9 Å². The van der Waals surface area contributed by atoms with Gasteiger partial charge in [-0.3, -0.25) is 14.9 Å². The zero-order chi connectivity index (χ0) is 22.4. The second-order valence-electron chi connectivity index (χ2n) is 7.01. The number of likely N-dealkylation sites (N-methyl/N-ethyl adjacent to an activating group) is 1. The lowest BCUT2D eigenvalue weighted by Gasteiger charge is -2.22. The molecule has 0 bridgehead atoms. The SMILES string of the molecule is COc1ccc(NC(=O)[C@H](C)[NH+](C)Cc2cc(OC)c(OC)cc2C)c([N+](=O)[O-])c1. The number of quaternary nitrogens is 1. The number of benzene rings is 2. The van der Waals surface area contributed by atoms with Crippen molar-refractivity contribution in [2.45, 2.75) is 26.4 Å². The molecule has 0 aromatic heterocycles. The molecular weight excluding hydrogens is 390 g/mol. The van der Waals surface area contributed by atoms with E-state index in [1.165, 1.54) is 19.2 Å². The topological polar surface area (TPSA) is 104 Å². The maximum absolute atomic E-state index is 12.8. The van der Waals surface area contributed by atoms with Gasteiger partial charge in [-0.15, -0.1) is 0 Å². The Morgan fingerprint density at radius 1 is 1.13 bits per heavy atom. The lowest BCUT2D eigenvalue weighted by molar-refractivity contribution is -0.907. The number of nitrogens with zero attached hydrogens (tertiary/aromatic N) is 1. The molecule has 2 rings (SSSR count). The van der Waals surface area contributed by atoms with Gasteiger partial charge in [0.1, 0.15) is 18.0 Å². The van der Waals surface area contributed by atoms with Crippen LogP contribution in [-0.2, 0) is 11.3 Å². The summed E-state index contributed by atoms with van der Waals surface area (Å²) in [6.07, 6.45) is 0. The van der Waals surface area contributed by atoms with E-state index in [2.05, 4.69) is 5.32 Å². The summed E-state index contributed by atoms with van der Waals surface area (Å²) >= 11 is 0. The van der Waals surface area contributed by atoms with E-state index in [4.69, 9.17) is 14.2 Å². The number of nitro groups is 1. The number of ether oxygens (including phenoxy) is 3. The van der Waals surface area contributed by atoms with Gasteiger partial charge in [0, 0.05) is 5.56 Å². The minimum absolute atomic E-state index is 0.132. The lowest BCUT2D eigenvalue weighted by atomic mass is 10.1. The Kier molecular flexibility index (Phi) is 7.60. The van der Waals surface area contributed by atoms with Gasteiger partial charge in [0.05, 0.1) is 39.4 Å². The van der Waals surface area contributed by atoms with Gasteiger partial charge in [0.25, 0.3) is 11.6 Å². The Morgan fingerprint density at radius 3 is 2.33 bits per heavy atom. The fourth-order valence-corrected chi connectivity index (χ4v) is 3.03. The third kappa shape index (κ3) is 5.18. The number of nitro benzene ring substituents is 1. The first-order chi connectivity index (χ1) is 14.2. The zero-order valence-electron chi connectivity index (χ0n) is 18.1. The van der Waals surface area contributed by atoms with E-state index in [1.807, 2.05) is 26.1 Å². The molecule has 0 saturated heterocycles. The highest BCUT2D eigenvalue weighted by atomic mass is 16.6. The molecule has 0 aliphatic rings. The summed E-state index contributed by atoms with van der Waals surface area (Å²) in [5.74, 6) is 1.30. The predicted molar refractivity (Wildman–Crippen MR) is 113 cm³/mol. The van der Waals surface area contributed by atoms with Crippen molar-refractivity contribution >= 4 is 17.3 Å². The van der Waals surface area contributed by atoms with Crippen molar-refractivity contribution in [2.75, 3.05) is 33.7 Å². The molecule has 0 aliphatic heterocycles. The average molecular weight is 418 g/mol. The first-order valence-corrected chi connectivity index (χ1v) is 9.38. The number of carbonyl (C=O) groups is 1. The normalized spacial score (nSPS) is 12.6. The molecular formula is C21H28N3O6+. The largest absolute Gasteiger partial charge is 0.496 e. The van der Waals surface area contributed by atoms with Crippen molar-refractivity contribution in [2.24, 2.45) is 0 Å². The predicted octanol–water partition coefficient (Wildman–Crippen LogP) is 1.97. The van der Waals surface area contributed by atoms with Crippen LogP contribution < -0.4 is 24.4 Å². The summed E-state index contributed by atoms with van der Waals surface area (Å²) < 4.78 is 15.7. The van der Waals surface area contributed by atoms with Crippen LogP contribution in [-0.4, -0.2) is 45.2 Å². The van der Waals surface area contributed by atoms with Crippen LogP contribution in [0.2, 0.25) is 0 Å². The number of hydrogen-bond acceptors (Lipinski definition) is 6. The van der Waals surface area contributed by atoms with E-state index in [0.29, 0.717) is 23.8 Å². The summed E-state index contributed by atoms with van der Waals surface area (Å²) in [6, 6.07) is 7.65. The maximum Gasteiger partial charge on any atom is 0.296 e. The molecule has 0 saturated carbocycles. The summed E-state index contributed by atoms with van der Waals surface area (Å²) in [5.41, 5.74) is 1.95. The Labute approximate surface area is 175 Å². The fourth-order valence-electron chi connectivity index (χ4n) is 3.03. The molecule has 0 heterocycles. The van der Waals surface area contributed by atoms with Crippen molar-refractivity contribution < 1.29 is 28.8 Å². The van der Waals surface area contributed by atoms with Gasteiger partial charge in [0.2, 0.25) is 0 Å². The van der Waals surface area contributed by atoms with Crippen LogP contribution in [0, 0.1) is 17.0 Å². The quantitative estimate of drug-likeness (QED) is 0.477. The molecule has 1 amide bonds. The summed E-state index contributed by atoms with van der Waals surface area (Å²) in [6.45, 7) is 4.30. The van der Waals surface area contributed by atoms with E-state index >= 15 is 0 Å². The van der Waals surface area contributed by atoms with Crippen LogP contribution in [0.15, 0.2) is 30.3 Å². The van der Waals surface area contributed by atoms with Crippen molar-refractivity contribution in [3.8, 4) is 17.2 Å². The van der Waals surface area contributed by atoms with E-state index in [0.717, 1.165) is 16.0 Å². The molecule has 2 aromatic rings. The number of carbonyl (C=O) groups excluding carboxylic acids is 1. The average Bonchev–Trinajstić information content (AvgIpc) is 2.74. The Hall–Kier alpha value is -3.33. The summed E-state index contributed by atoms with van der Waals surface area (Å²) in [7, 11) is 6.47. The molecule has 0 radical (unpaired) electrons. The first kappa shape index (κ1) is 23.0. The zero-order valence-corrected chi connectivity index (χ0v) is 18.1. The second kappa shape index (κ2) is 9.93. The van der Waals surface area contributed by atoms with Crippen LogP contribution in [0.5, 0.6) is 17.2 Å². The van der Waals surface area contributed by atoms with E-state index in [1.54, 1.807) is 27.2 Å². The van der Waals surface area contributed by atoms with E-state index in [-0.39, 0.29) is 17.3 Å². The van der Waals surface area contributed by atoms with Gasteiger partial charge < -0.3 is 24.4 Å². The molecule has 0 spiro atoms. The Bertz CT molecular complexity index is 931. The van der Waals surface area contributed by atoms with Gasteiger partial charge in [-0.2, -0.15) is 0 Å². The van der Waals surface area contributed by atoms with Gasteiger partial charge in [-0.1, -0.05) is 0 Å². The number of amides is 1. The molecule has 2 aromatic carbocycles. The number of rotatable bonds is 9. The van der Waals surface area contributed by atoms with Crippen molar-refractivity contribution in [3.05, 3.63) is 51.6 Å². The van der Waals surface area contributed by atoms with Crippen molar-refractivity contribution in [3.63, 3.8) is 0 Å². The maximum atomic E-state index is 12.8. The van der Waals surface area contributed by atoms with Gasteiger partial charge in [0.15, 0.2) is 17.5 Å². The minimum atomic E-state index is -0.549. The standard InChI is InChI=1S/C21H27N3O6/c1-13-9-19(29-5)20(30-6)10-15(13)12-23(3)14(2)21(25)22-17-8-7-16(28-4)11-18(17)24(26)27/h7-11,14H,12H2,1-6H3,(H,22,25)/p+1/t14-/m0/s1. The fraction of sp³-hybridized carbons (Fsp3) is 0.381. The Morgan fingerprint density at radius 2 is 1.77 bits per heavy atom. The van der Waals surface area contributed by atoms with Crippen LogP contribution in [0.1, 0.15) is 18.1 Å². The molecule has 0 fully saturated rings. The summed E-state index contributed by atoms with van der Waals surface area (Å²) in [5, 5.41) is 14.0. The molecule has 2 atom stereocenters. The summed E-state index contributed by atoms with van der Waals surface area (Å²) in [4.78, 5) is 24.5. The molecule has 0 aliphatic carbocycles. The van der Waals surface area contributed by atoms with Gasteiger partial charge in [-0.25, -0.2) is 0 Å². The van der Waals surface area contributed by atoms with Crippen molar-refractivity contribution in [1.82, 2.24) is 0 Å². The first-order valence-electron chi connectivity index (χ1n) is 9.38. The monoisotopic (exact) mass is 418 g/mol. The highest BCUT2D eigenvalue weighted by Gasteiger charge is 2.26. The second-order valence-corrected chi connectivity index (χ2v) is 7.01. The smallest absolute Gasteiger partial charge is 0.296 e. The van der Waals surface area contributed by atoms with Crippen LogP contribution >= 0.6 is 0 Å². The van der Waals surface area contributed by atoms with Crippen LogP contribution in [0.3, 0.4) is 0 Å². The van der Waals surface area contributed by atoms with Crippen molar-refractivity contribution in [1.29, 1.82) is 0 Å². The molecule has 1 unspecified atom stereocenters.